The number of ether oxygens (including phenoxy) is 1. The number of hydrogen-bond donors (Lipinski definition) is 3. The molecule has 0 saturated heterocycles. The SMILES string of the molecule is C=C(N)c1cnc(CC2CCC(OC)CC2)nc1N[C@@H]1CCC[C@H]1O. The van der Waals surface area contributed by atoms with Crippen LogP contribution in [0.25, 0.3) is 5.70 Å². The minimum atomic E-state index is -0.332. The standard InChI is InChI=1S/C19H30N4O2/c1-12(20)15-11-21-18(10-13-6-8-14(25-2)9-7-13)23-19(15)22-16-4-3-5-17(16)24/h11,13-14,16-17,24H,1,3-10,20H2,2H3,(H,21,22,23)/t13?,14?,16-,17-/m1/s1. The van der Waals surface area contributed by atoms with Gasteiger partial charge in [0.15, 0.2) is 0 Å². The average Bonchev–Trinajstić information content (AvgIpc) is 3.00. The number of aromatic nitrogens is 2. The minimum absolute atomic E-state index is 0.0259. The van der Waals surface area contributed by atoms with Gasteiger partial charge in [0, 0.05) is 25.4 Å². The van der Waals surface area contributed by atoms with E-state index in [1.165, 1.54) is 0 Å². The van der Waals surface area contributed by atoms with E-state index in [1.807, 2.05) is 0 Å². The van der Waals surface area contributed by atoms with E-state index < -0.39 is 0 Å². The van der Waals surface area contributed by atoms with E-state index in [2.05, 4.69) is 16.9 Å². The molecular formula is C19H30N4O2. The van der Waals surface area contributed by atoms with Crippen molar-refractivity contribution in [2.45, 2.75) is 69.6 Å². The molecule has 138 valence electrons. The molecule has 4 N–H and O–H groups in total. The van der Waals surface area contributed by atoms with Crippen LogP contribution in [0.1, 0.15) is 56.3 Å². The number of aliphatic hydroxyl groups is 1. The number of nitrogens with two attached hydrogens (primary N) is 1. The molecule has 0 spiro atoms. The first-order valence-corrected chi connectivity index (χ1v) is 9.35. The van der Waals surface area contributed by atoms with Gasteiger partial charge >= 0.3 is 0 Å². The normalized spacial score (nSPS) is 29.5. The summed E-state index contributed by atoms with van der Waals surface area (Å²) < 4.78 is 5.45. The number of aliphatic hydroxyl groups excluding tert-OH is 1. The van der Waals surface area contributed by atoms with E-state index in [-0.39, 0.29) is 12.1 Å². The van der Waals surface area contributed by atoms with Crippen molar-refractivity contribution in [1.29, 1.82) is 0 Å². The molecule has 1 heterocycles. The maximum atomic E-state index is 10.1. The van der Waals surface area contributed by atoms with Crippen LogP contribution in [0, 0.1) is 5.92 Å². The van der Waals surface area contributed by atoms with E-state index in [4.69, 9.17) is 15.5 Å². The molecule has 0 unspecified atom stereocenters. The molecule has 2 aliphatic carbocycles. The number of nitrogens with zero attached hydrogens (tertiary/aromatic N) is 2. The zero-order chi connectivity index (χ0) is 17.8. The molecule has 2 fully saturated rings. The summed E-state index contributed by atoms with van der Waals surface area (Å²) in [6.07, 6.45) is 10.0. The Bertz CT molecular complexity index is 599. The first-order valence-electron chi connectivity index (χ1n) is 9.35. The molecule has 0 amide bonds. The quantitative estimate of drug-likeness (QED) is 0.733. The second-order valence-corrected chi connectivity index (χ2v) is 7.41. The molecule has 6 heteroatoms. The van der Waals surface area contributed by atoms with Crippen molar-refractivity contribution in [2.24, 2.45) is 11.7 Å². The van der Waals surface area contributed by atoms with Gasteiger partial charge in [-0.15, -0.1) is 0 Å². The summed E-state index contributed by atoms with van der Waals surface area (Å²) in [5.74, 6) is 2.14. The molecule has 0 bridgehead atoms. The van der Waals surface area contributed by atoms with Crippen LogP contribution in [0.3, 0.4) is 0 Å². The van der Waals surface area contributed by atoms with Gasteiger partial charge in [-0.1, -0.05) is 6.58 Å². The van der Waals surface area contributed by atoms with E-state index in [9.17, 15) is 5.11 Å². The molecule has 2 aliphatic rings. The molecule has 25 heavy (non-hydrogen) atoms. The second kappa shape index (κ2) is 8.15. The van der Waals surface area contributed by atoms with Crippen LogP contribution in [0.5, 0.6) is 0 Å². The maximum absolute atomic E-state index is 10.1. The Morgan fingerprint density at radius 3 is 2.68 bits per heavy atom. The third-order valence-electron chi connectivity index (χ3n) is 5.58. The molecule has 1 aromatic rings. The van der Waals surface area contributed by atoms with Gasteiger partial charge in [-0.25, -0.2) is 9.97 Å². The van der Waals surface area contributed by atoms with Crippen molar-refractivity contribution in [3.63, 3.8) is 0 Å². The third kappa shape index (κ3) is 4.50. The summed E-state index contributed by atoms with van der Waals surface area (Å²) in [6.45, 7) is 3.82. The number of methoxy groups -OCH3 is 1. The molecule has 0 radical (unpaired) electrons. The monoisotopic (exact) mass is 346 g/mol. The Morgan fingerprint density at radius 2 is 2.08 bits per heavy atom. The highest BCUT2D eigenvalue weighted by Gasteiger charge is 2.27. The van der Waals surface area contributed by atoms with Gasteiger partial charge in [-0.05, 0) is 50.9 Å². The Labute approximate surface area is 149 Å². The van der Waals surface area contributed by atoms with E-state index in [1.54, 1.807) is 13.3 Å². The lowest BCUT2D eigenvalue weighted by Crippen LogP contribution is -2.29. The van der Waals surface area contributed by atoms with Crippen molar-refractivity contribution in [3.05, 3.63) is 24.2 Å². The first-order chi connectivity index (χ1) is 12.1. The molecule has 6 nitrogen and oxygen atoms in total. The van der Waals surface area contributed by atoms with Crippen molar-refractivity contribution < 1.29 is 9.84 Å². The fourth-order valence-electron chi connectivity index (χ4n) is 3.98. The Hall–Kier alpha value is -1.66. The summed E-state index contributed by atoms with van der Waals surface area (Å²) >= 11 is 0. The molecule has 0 aliphatic heterocycles. The fraction of sp³-hybridized carbons (Fsp3) is 0.684. The van der Waals surface area contributed by atoms with Gasteiger partial charge in [0.05, 0.1) is 23.8 Å². The predicted molar refractivity (Wildman–Crippen MR) is 99.0 cm³/mol. The van der Waals surface area contributed by atoms with Crippen LogP contribution in [-0.4, -0.2) is 40.4 Å². The summed E-state index contributed by atoms with van der Waals surface area (Å²) in [5.41, 5.74) is 7.07. The predicted octanol–water partition coefficient (Wildman–Crippen LogP) is 2.48. The summed E-state index contributed by atoms with van der Waals surface area (Å²) in [5, 5.41) is 13.5. The molecule has 1 aromatic heterocycles. The molecular weight excluding hydrogens is 316 g/mol. The fourth-order valence-corrected chi connectivity index (χ4v) is 3.98. The Balaban J connectivity index is 1.70. The first kappa shape index (κ1) is 18.1. The van der Waals surface area contributed by atoms with Crippen LogP contribution in [-0.2, 0) is 11.2 Å². The highest BCUT2D eigenvalue weighted by molar-refractivity contribution is 5.70. The van der Waals surface area contributed by atoms with E-state index in [0.29, 0.717) is 23.5 Å². The number of rotatable bonds is 6. The topological polar surface area (TPSA) is 93.3 Å². The minimum Gasteiger partial charge on any atom is -0.399 e. The van der Waals surface area contributed by atoms with Crippen LogP contribution < -0.4 is 11.1 Å². The number of nitrogens with one attached hydrogen (secondary N) is 1. The maximum Gasteiger partial charge on any atom is 0.139 e. The molecule has 3 rings (SSSR count). The number of hydrogen-bond acceptors (Lipinski definition) is 6. The zero-order valence-electron chi connectivity index (χ0n) is 15.1. The zero-order valence-corrected chi connectivity index (χ0v) is 15.1. The largest absolute Gasteiger partial charge is 0.399 e. The van der Waals surface area contributed by atoms with Crippen molar-refractivity contribution >= 4 is 11.5 Å². The summed E-state index contributed by atoms with van der Waals surface area (Å²) in [4.78, 5) is 9.22. The van der Waals surface area contributed by atoms with Gasteiger partial charge in [-0.3, -0.25) is 0 Å². The summed E-state index contributed by atoms with van der Waals surface area (Å²) in [7, 11) is 1.79. The molecule has 0 aromatic carbocycles. The smallest absolute Gasteiger partial charge is 0.139 e. The van der Waals surface area contributed by atoms with Gasteiger partial charge in [0.25, 0.3) is 0 Å². The van der Waals surface area contributed by atoms with Crippen LogP contribution in [0.2, 0.25) is 0 Å². The average molecular weight is 346 g/mol. The van der Waals surface area contributed by atoms with Crippen molar-refractivity contribution in [1.82, 2.24) is 9.97 Å². The summed E-state index contributed by atoms with van der Waals surface area (Å²) in [6, 6.07) is 0.0259. The van der Waals surface area contributed by atoms with Crippen molar-refractivity contribution in [2.75, 3.05) is 12.4 Å². The lowest BCUT2D eigenvalue weighted by molar-refractivity contribution is 0.0566. The van der Waals surface area contributed by atoms with Crippen LogP contribution in [0.15, 0.2) is 12.8 Å². The van der Waals surface area contributed by atoms with Gasteiger partial charge in [0.1, 0.15) is 11.6 Å². The van der Waals surface area contributed by atoms with Gasteiger partial charge < -0.3 is 20.9 Å². The lowest BCUT2D eigenvalue weighted by atomic mass is 9.85. The van der Waals surface area contributed by atoms with E-state index in [0.717, 1.165) is 62.8 Å². The van der Waals surface area contributed by atoms with Crippen LogP contribution in [0.4, 0.5) is 5.82 Å². The Kier molecular flexibility index (Phi) is 5.91. The molecule has 2 saturated carbocycles. The third-order valence-corrected chi connectivity index (χ3v) is 5.58. The highest BCUT2D eigenvalue weighted by atomic mass is 16.5. The van der Waals surface area contributed by atoms with Gasteiger partial charge in [-0.2, -0.15) is 0 Å². The van der Waals surface area contributed by atoms with E-state index >= 15 is 0 Å². The second-order valence-electron chi connectivity index (χ2n) is 7.41. The lowest BCUT2D eigenvalue weighted by Gasteiger charge is -2.27. The molecule has 2 atom stereocenters. The van der Waals surface area contributed by atoms with Crippen molar-refractivity contribution in [3.8, 4) is 0 Å². The van der Waals surface area contributed by atoms with Gasteiger partial charge in [0.2, 0.25) is 0 Å². The van der Waals surface area contributed by atoms with Crippen LogP contribution >= 0.6 is 0 Å². The number of anilines is 1. The Morgan fingerprint density at radius 1 is 1.32 bits per heavy atom. The highest BCUT2D eigenvalue weighted by Crippen LogP contribution is 2.29.